The maximum atomic E-state index is 14.5. The highest BCUT2D eigenvalue weighted by molar-refractivity contribution is 6.00. The van der Waals surface area contributed by atoms with Crippen LogP contribution in [0.4, 0.5) is 0 Å². The van der Waals surface area contributed by atoms with E-state index in [1.807, 2.05) is 0 Å². The lowest BCUT2D eigenvalue weighted by molar-refractivity contribution is -0.136. The van der Waals surface area contributed by atoms with Crippen LogP contribution >= 0.6 is 0 Å². The third-order valence-corrected chi connectivity index (χ3v) is 14.7. The third-order valence-electron chi connectivity index (χ3n) is 14.7. The number of aliphatic carboxylic acids is 1. The van der Waals surface area contributed by atoms with E-state index in [4.69, 9.17) is 44.3 Å². The number of aromatic amines is 1. The lowest BCUT2D eigenvalue weighted by Crippen LogP contribution is -2.61. The van der Waals surface area contributed by atoms with Crippen molar-refractivity contribution in [1.29, 1.82) is 0 Å². The summed E-state index contributed by atoms with van der Waals surface area (Å²) in [6.07, 6.45) is -0.685. The number of nitrogens with two attached hydrogens (primary N) is 6. The number of hydrogen-bond donors (Lipinski definition) is 20. The van der Waals surface area contributed by atoms with Gasteiger partial charge in [-0.15, -0.1) is 0 Å². The van der Waals surface area contributed by atoms with E-state index in [0.29, 0.717) is 33.2 Å². The number of aromatic nitrogens is 1. The Morgan fingerprint density at radius 1 is 0.495 bits per heavy atom. The number of guanidine groups is 1. The van der Waals surface area contributed by atoms with Crippen molar-refractivity contribution in [2.24, 2.45) is 45.3 Å². The molecule has 1 aromatic heterocycles. The maximum absolute atomic E-state index is 14.5. The minimum Gasteiger partial charge on any atom is -0.508 e. The second-order valence-electron chi connectivity index (χ2n) is 23.4. The van der Waals surface area contributed by atoms with Crippen LogP contribution in [0.2, 0.25) is 0 Å². The minimum absolute atomic E-state index is 0.0205. The number of para-hydroxylation sites is 1. The van der Waals surface area contributed by atoms with Crippen molar-refractivity contribution in [3.05, 3.63) is 132 Å². The second kappa shape index (κ2) is 40.0. The number of aliphatic imine (C=N–C) groups is 1. The van der Waals surface area contributed by atoms with Crippen LogP contribution in [0.15, 0.2) is 114 Å². The Kier molecular flexibility index (Phi) is 32.2. The number of nitrogens with one attached hydrogen (secondary N) is 10. The molecule has 26 N–H and O–H groups in total. The van der Waals surface area contributed by atoms with E-state index in [2.05, 4.69) is 57.8 Å². The van der Waals surface area contributed by atoms with Gasteiger partial charge >= 0.3 is 0 Å². The van der Waals surface area contributed by atoms with Gasteiger partial charge in [0.2, 0.25) is 70.9 Å². The Balaban J connectivity index is 0.00000506. The van der Waals surface area contributed by atoms with Gasteiger partial charge in [-0.1, -0.05) is 86.6 Å². The maximum Gasteiger partial charge on any atom is 0.300 e. The van der Waals surface area contributed by atoms with E-state index >= 15 is 0 Å². The average Bonchev–Trinajstić information content (AvgIpc) is 1.73. The molecule has 0 bridgehead atoms. The lowest BCUT2D eigenvalue weighted by atomic mass is 10.0. The summed E-state index contributed by atoms with van der Waals surface area (Å²) < 4.78 is 0. The van der Waals surface area contributed by atoms with Crippen LogP contribution < -0.4 is 82.3 Å². The number of primary amides is 3. The van der Waals surface area contributed by atoms with Gasteiger partial charge in [0.15, 0.2) is 5.96 Å². The van der Waals surface area contributed by atoms with Crippen LogP contribution in [0, 0.1) is 5.92 Å². The molecule has 0 aliphatic rings. The van der Waals surface area contributed by atoms with Gasteiger partial charge in [-0.2, -0.15) is 0 Å². The molecule has 0 fully saturated rings. The molecule has 4 aromatic carbocycles. The van der Waals surface area contributed by atoms with E-state index in [9.17, 15) is 72.9 Å². The first-order valence-corrected chi connectivity index (χ1v) is 31.1. The van der Waals surface area contributed by atoms with Crippen LogP contribution in [0.1, 0.15) is 75.1 Å². The van der Waals surface area contributed by atoms with Gasteiger partial charge < -0.3 is 108 Å². The number of rotatable bonds is 38. The van der Waals surface area contributed by atoms with Gasteiger partial charge in [-0.3, -0.25) is 67.3 Å². The number of phenolic OH excluding ortho intramolecular Hbond substituents is 2. The number of benzene rings is 4. The fourth-order valence-electron chi connectivity index (χ4n) is 9.80. The average molecular weight is 1380 g/mol. The summed E-state index contributed by atoms with van der Waals surface area (Å²) in [6.45, 7) is 2.73. The zero-order valence-electron chi connectivity index (χ0n) is 54.7. The van der Waals surface area contributed by atoms with E-state index in [-0.39, 0.29) is 74.9 Å². The third kappa shape index (κ3) is 28.7. The van der Waals surface area contributed by atoms with Crippen LogP contribution in [-0.2, 0) is 88.0 Å². The number of aliphatic hydroxyl groups is 1. The molecular weight excluding hydrogens is 1290 g/mol. The molecular formula is C65H87N17O17. The normalized spacial score (nSPS) is 13.6. The number of amides is 12. The second-order valence-corrected chi connectivity index (χ2v) is 23.4. The molecule has 34 nitrogen and oxygen atoms in total. The quantitative estimate of drug-likeness (QED) is 0.0101. The van der Waals surface area contributed by atoms with Crippen molar-refractivity contribution in [2.45, 2.75) is 133 Å². The summed E-state index contributed by atoms with van der Waals surface area (Å²) in [4.78, 5) is 179. The fraction of sp³-hybridized carbons (Fsp3) is 0.385. The molecule has 0 saturated heterocycles. The Morgan fingerprint density at radius 2 is 0.929 bits per heavy atom. The van der Waals surface area contributed by atoms with Crippen LogP contribution in [0.25, 0.3) is 10.9 Å². The predicted molar refractivity (Wildman–Crippen MR) is 359 cm³/mol. The molecule has 0 saturated carbocycles. The summed E-state index contributed by atoms with van der Waals surface area (Å²) in [6, 6.07) is 12.8. The predicted octanol–water partition coefficient (Wildman–Crippen LogP) is -4.41. The summed E-state index contributed by atoms with van der Waals surface area (Å²) in [5.74, 6) is -13.5. The number of carbonyl (C=O) groups is 13. The zero-order valence-corrected chi connectivity index (χ0v) is 54.7. The van der Waals surface area contributed by atoms with Crippen LogP contribution in [0.5, 0.6) is 11.5 Å². The first kappa shape index (κ1) is 79.8. The number of carbonyl (C=O) groups excluding carboxylic acids is 12. The highest BCUT2D eigenvalue weighted by Crippen LogP contribution is 2.20. The zero-order chi connectivity index (χ0) is 73.5. The summed E-state index contributed by atoms with van der Waals surface area (Å²) >= 11 is 0. The topological polar surface area (TPSA) is 595 Å². The smallest absolute Gasteiger partial charge is 0.300 e. The number of carboxylic acids is 1. The van der Waals surface area contributed by atoms with E-state index in [1.165, 1.54) is 48.5 Å². The molecule has 99 heavy (non-hydrogen) atoms. The Hall–Kier alpha value is -11.7. The molecule has 1 heterocycles. The van der Waals surface area contributed by atoms with Crippen LogP contribution in [-0.4, -0.2) is 182 Å². The van der Waals surface area contributed by atoms with Crippen molar-refractivity contribution in [3.8, 4) is 11.5 Å². The monoisotopic (exact) mass is 1380 g/mol. The number of aromatic hydroxyl groups is 2. The van der Waals surface area contributed by atoms with Gasteiger partial charge in [0.1, 0.15) is 59.8 Å². The molecule has 9 atom stereocenters. The van der Waals surface area contributed by atoms with E-state index < -0.39 is 157 Å². The lowest BCUT2D eigenvalue weighted by Gasteiger charge is -2.27. The molecule has 5 rings (SSSR count). The molecule has 5 aromatic rings. The van der Waals surface area contributed by atoms with Gasteiger partial charge in [-0.05, 0) is 84.2 Å². The largest absolute Gasteiger partial charge is 0.508 e. The van der Waals surface area contributed by atoms with Crippen molar-refractivity contribution in [1.82, 2.24) is 52.8 Å². The molecule has 0 spiro atoms. The molecule has 0 aliphatic carbocycles. The number of carboxylic acid groups (broad SMARTS) is 1. The van der Waals surface area contributed by atoms with Gasteiger partial charge in [0.25, 0.3) is 5.97 Å². The molecule has 0 aliphatic heterocycles. The first-order valence-electron chi connectivity index (χ1n) is 31.1. The van der Waals surface area contributed by atoms with Crippen molar-refractivity contribution in [2.75, 3.05) is 19.7 Å². The highest BCUT2D eigenvalue weighted by Gasteiger charge is 2.36. The highest BCUT2D eigenvalue weighted by atomic mass is 16.4. The summed E-state index contributed by atoms with van der Waals surface area (Å²) in [7, 11) is 0. The summed E-state index contributed by atoms with van der Waals surface area (Å²) in [5, 5.41) is 60.1. The number of fused-ring (bicyclic) bond motifs is 1. The Labute approximate surface area is 568 Å². The molecule has 34 heteroatoms. The molecule has 12 amide bonds. The Morgan fingerprint density at radius 3 is 1.46 bits per heavy atom. The number of H-pyrrole nitrogens is 1. The molecule has 534 valence electrons. The summed E-state index contributed by atoms with van der Waals surface area (Å²) in [5.41, 5.74) is 36.5. The SMILES string of the molecule is CC(=O)O.CC(C)C[C@H](NC(=O)CNC(=O)[C@H](Cc1ccccc1)NC(=O)[C@H](CO)NC(=O)[C@H](CC(N)=O)NC(=O)[C@H](Cc1c[nH]c2ccccc12)NC(=O)[C@H](CC(N)=O)NC(=O)[C@@H](N)Cc1ccc(O)cc1)C(=O)N[C@@H](CCCN=C(N)N)C(=O)N[C@@H](Cc1ccc(O)cc1)C(N)=O. The first-order chi connectivity index (χ1) is 46.8. The van der Waals surface area contributed by atoms with Crippen molar-refractivity contribution < 1.29 is 82.8 Å². The van der Waals surface area contributed by atoms with Crippen LogP contribution in [0.3, 0.4) is 0 Å². The van der Waals surface area contributed by atoms with Crippen molar-refractivity contribution in [3.63, 3.8) is 0 Å². The number of hydrogen-bond acceptors (Lipinski definition) is 18. The van der Waals surface area contributed by atoms with Gasteiger partial charge in [-0.25, -0.2) is 0 Å². The standard InChI is InChI=1S/C63H83N17O15.C2H4O2/c1-33(2)23-45(58(91)74-43(13-8-22-70-63(68)69)57(90)75-44(54(67)87)25-36-16-20-39(83)21-17-36)73-53(86)31-72-56(89)46(26-34-9-4-3-5-10-34)77-62(95)50(32-81)80-61(94)49(29-52(66)85)79-59(92)47(27-37-30-71-42-12-7-6-11-40(37)42)78-60(93)48(28-51(65)84)76-55(88)41(64)24-35-14-18-38(82)19-15-35;1-2(3)4/h3-7,9-12,14-21,30,33,41,43-50,71,81-83H,8,13,22-29,31-32,64H2,1-2H3,(H2,65,84)(H2,66,85)(H2,67,87)(H,72,89)(H,73,86)(H,74,91)(H,75,90)(H,76,88)(H,77,95)(H,78,93)(H,79,92)(H,80,94)(H4,68,69,70);1H3,(H,3,4)/t41-,43-,44-,45-,46-,47-,48-,49-,50-;/m0./s1. The molecule has 0 unspecified atom stereocenters. The van der Waals surface area contributed by atoms with E-state index in [0.717, 1.165) is 6.92 Å². The van der Waals surface area contributed by atoms with Crippen molar-refractivity contribution >= 4 is 93.7 Å². The minimum atomic E-state index is -1.91. The van der Waals surface area contributed by atoms with Gasteiger partial charge in [0.05, 0.1) is 32.0 Å². The fourth-order valence-corrected chi connectivity index (χ4v) is 9.80. The van der Waals surface area contributed by atoms with Gasteiger partial charge in [0, 0.05) is 49.8 Å². The number of phenols is 2. The molecule has 0 radical (unpaired) electrons. The van der Waals surface area contributed by atoms with E-state index in [1.54, 1.807) is 74.6 Å². The number of nitrogens with zero attached hydrogens (tertiary/aromatic N) is 1. The Bertz CT molecular complexity index is 3640. The number of aliphatic hydroxyl groups excluding tert-OH is 1.